The summed E-state index contributed by atoms with van der Waals surface area (Å²) in [6.45, 7) is 19.3. The Labute approximate surface area is 123 Å². The molecule has 0 aliphatic rings. The van der Waals surface area contributed by atoms with Crippen molar-refractivity contribution in [2.45, 2.75) is 74.7 Å². The quantitative estimate of drug-likeness (QED) is 0.529. The highest BCUT2D eigenvalue weighted by molar-refractivity contribution is 5.01. The van der Waals surface area contributed by atoms with Gasteiger partial charge in [0.15, 0.2) is 0 Å². The maximum Gasteiger partial charge on any atom is -0.00504 e. The maximum atomic E-state index is 2.30. The minimum Gasteiger partial charge on any atom is -0.307 e. The molecule has 0 saturated heterocycles. The molecule has 0 rings (SSSR count). The van der Waals surface area contributed by atoms with Crippen LogP contribution < -0.4 is 0 Å². The standard InChI is InChI=1S/C11H20.C5H13N.C2H6/c1-5-7-11(4)9-6-8-10(2)3;1-4-6(3)5-2;1-2/h7-8H,5-6,9H2,1-4H3;4-5H2,1-3H3;1-2H3/b11-7+;;. The van der Waals surface area contributed by atoms with Crippen molar-refractivity contribution in [3.05, 3.63) is 23.3 Å². The van der Waals surface area contributed by atoms with Gasteiger partial charge in [0.05, 0.1) is 0 Å². The zero-order valence-corrected chi connectivity index (χ0v) is 15.1. The minimum absolute atomic E-state index is 1.16. The largest absolute Gasteiger partial charge is 0.307 e. The van der Waals surface area contributed by atoms with Gasteiger partial charge in [-0.05, 0) is 60.2 Å². The van der Waals surface area contributed by atoms with Gasteiger partial charge in [0, 0.05) is 0 Å². The van der Waals surface area contributed by atoms with Gasteiger partial charge in [-0.3, -0.25) is 0 Å². The third-order valence-corrected chi connectivity index (χ3v) is 2.72. The zero-order valence-electron chi connectivity index (χ0n) is 15.1. The molecule has 0 radical (unpaired) electrons. The van der Waals surface area contributed by atoms with E-state index in [2.05, 4.69) is 65.6 Å². The molecule has 19 heavy (non-hydrogen) atoms. The Bertz CT molecular complexity index is 206. The normalized spacial score (nSPS) is 10.1. The first-order valence-corrected chi connectivity index (χ1v) is 7.95. The minimum atomic E-state index is 1.16. The first kappa shape index (κ1) is 23.5. The Morgan fingerprint density at radius 1 is 0.895 bits per heavy atom. The van der Waals surface area contributed by atoms with Crippen LogP contribution in [0.1, 0.15) is 74.7 Å². The van der Waals surface area contributed by atoms with Crippen LogP contribution in [-0.4, -0.2) is 25.0 Å². The van der Waals surface area contributed by atoms with Gasteiger partial charge in [-0.1, -0.05) is 57.9 Å². The molecule has 0 saturated carbocycles. The van der Waals surface area contributed by atoms with E-state index in [-0.39, 0.29) is 0 Å². The van der Waals surface area contributed by atoms with Gasteiger partial charge in [0.25, 0.3) is 0 Å². The first-order chi connectivity index (χ1) is 8.97. The molecule has 0 atom stereocenters. The van der Waals surface area contributed by atoms with E-state index in [4.69, 9.17) is 0 Å². The fourth-order valence-corrected chi connectivity index (χ4v) is 1.26. The average molecular weight is 270 g/mol. The molecule has 0 aliphatic carbocycles. The monoisotopic (exact) mass is 269 g/mol. The van der Waals surface area contributed by atoms with Crippen LogP contribution >= 0.6 is 0 Å². The highest BCUT2D eigenvalue weighted by atomic mass is 15.1. The molecule has 0 aliphatic heterocycles. The molecule has 116 valence electrons. The second-order valence-corrected chi connectivity index (χ2v) is 4.77. The number of hydrogen-bond donors (Lipinski definition) is 0. The lowest BCUT2D eigenvalue weighted by Gasteiger charge is -2.07. The van der Waals surface area contributed by atoms with Gasteiger partial charge in [-0.25, -0.2) is 0 Å². The van der Waals surface area contributed by atoms with Gasteiger partial charge in [0.1, 0.15) is 0 Å². The van der Waals surface area contributed by atoms with Crippen LogP contribution in [0.2, 0.25) is 0 Å². The van der Waals surface area contributed by atoms with Crippen LogP contribution in [0, 0.1) is 0 Å². The molecule has 0 unspecified atom stereocenters. The van der Waals surface area contributed by atoms with Crippen LogP contribution in [0.25, 0.3) is 0 Å². The Balaban J connectivity index is -0.000000271. The van der Waals surface area contributed by atoms with Crippen molar-refractivity contribution in [3.8, 4) is 0 Å². The summed E-state index contributed by atoms with van der Waals surface area (Å²) in [5, 5.41) is 0. The molecule has 0 aromatic rings. The molecule has 0 bridgehead atoms. The molecule has 0 spiro atoms. The fraction of sp³-hybridized carbons (Fsp3) is 0.778. The second-order valence-electron chi connectivity index (χ2n) is 4.77. The van der Waals surface area contributed by atoms with Crippen LogP contribution in [-0.2, 0) is 0 Å². The molecular formula is C18H39N. The summed E-state index contributed by atoms with van der Waals surface area (Å²) in [5.74, 6) is 0. The van der Waals surface area contributed by atoms with Gasteiger partial charge >= 0.3 is 0 Å². The third kappa shape index (κ3) is 26.9. The molecule has 0 amide bonds. The lowest BCUT2D eigenvalue weighted by atomic mass is 10.1. The van der Waals surface area contributed by atoms with E-state index in [1.165, 1.54) is 30.4 Å². The molecule has 0 N–H and O–H groups in total. The van der Waals surface area contributed by atoms with E-state index >= 15 is 0 Å². The van der Waals surface area contributed by atoms with Gasteiger partial charge in [-0.2, -0.15) is 0 Å². The lowest BCUT2D eigenvalue weighted by molar-refractivity contribution is 0.373. The Morgan fingerprint density at radius 3 is 1.63 bits per heavy atom. The number of hydrogen-bond acceptors (Lipinski definition) is 1. The van der Waals surface area contributed by atoms with Crippen LogP contribution in [0.4, 0.5) is 0 Å². The number of rotatable bonds is 6. The van der Waals surface area contributed by atoms with Crippen molar-refractivity contribution >= 4 is 0 Å². The maximum absolute atomic E-state index is 2.30. The van der Waals surface area contributed by atoms with Gasteiger partial charge < -0.3 is 4.90 Å². The number of allylic oxidation sites excluding steroid dienone is 4. The van der Waals surface area contributed by atoms with Crippen molar-refractivity contribution in [1.29, 1.82) is 0 Å². The summed E-state index contributed by atoms with van der Waals surface area (Å²) < 4.78 is 0. The second kappa shape index (κ2) is 19.8. The van der Waals surface area contributed by atoms with Crippen molar-refractivity contribution in [2.75, 3.05) is 20.1 Å². The summed E-state index contributed by atoms with van der Waals surface area (Å²) in [6, 6.07) is 0. The molecule has 0 aromatic heterocycles. The highest BCUT2D eigenvalue weighted by Crippen LogP contribution is 2.06. The molecule has 0 fully saturated rings. The van der Waals surface area contributed by atoms with Gasteiger partial charge in [0.2, 0.25) is 0 Å². The summed E-state index contributed by atoms with van der Waals surface area (Å²) in [5.41, 5.74) is 2.94. The smallest absolute Gasteiger partial charge is 0.00504 e. The summed E-state index contributed by atoms with van der Waals surface area (Å²) in [6.07, 6.45) is 8.19. The van der Waals surface area contributed by atoms with Crippen molar-refractivity contribution < 1.29 is 0 Å². The van der Waals surface area contributed by atoms with Crippen molar-refractivity contribution in [2.24, 2.45) is 0 Å². The fourth-order valence-electron chi connectivity index (χ4n) is 1.26. The molecule has 0 heterocycles. The van der Waals surface area contributed by atoms with Crippen molar-refractivity contribution in [1.82, 2.24) is 4.90 Å². The third-order valence-electron chi connectivity index (χ3n) is 2.72. The van der Waals surface area contributed by atoms with E-state index < -0.39 is 0 Å². The molecule has 0 aromatic carbocycles. The number of nitrogens with zero attached hydrogens (tertiary/aromatic N) is 1. The topological polar surface area (TPSA) is 3.24 Å². The van der Waals surface area contributed by atoms with Gasteiger partial charge in [-0.15, -0.1) is 0 Å². The van der Waals surface area contributed by atoms with Crippen molar-refractivity contribution in [3.63, 3.8) is 0 Å². The predicted octanol–water partition coefficient (Wildman–Crippen LogP) is 6.07. The van der Waals surface area contributed by atoms with E-state index in [1.54, 1.807) is 0 Å². The molecule has 1 heteroatoms. The Morgan fingerprint density at radius 2 is 1.37 bits per heavy atom. The highest BCUT2D eigenvalue weighted by Gasteiger charge is 1.86. The average Bonchev–Trinajstić information content (AvgIpc) is 2.40. The predicted molar refractivity (Wildman–Crippen MR) is 92.9 cm³/mol. The van der Waals surface area contributed by atoms with E-state index in [0.717, 1.165) is 13.1 Å². The van der Waals surface area contributed by atoms with Crippen LogP contribution in [0.15, 0.2) is 23.3 Å². The Hall–Kier alpha value is -0.560. The van der Waals surface area contributed by atoms with E-state index in [1.807, 2.05) is 13.8 Å². The first-order valence-electron chi connectivity index (χ1n) is 7.95. The Kier molecular flexibility index (Phi) is 24.5. The van der Waals surface area contributed by atoms with E-state index in [9.17, 15) is 0 Å². The lowest BCUT2D eigenvalue weighted by Crippen LogP contribution is -2.15. The van der Waals surface area contributed by atoms with Crippen LogP contribution in [0.5, 0.6) is 0 Å². The molecular weight excluding hydrogens is 230 g/mol. The summed E-state index contributed by atoms with van der Waals surface area (Å²) in [4.78, 5) is 2.25. The summed E-state index contributed by atoms with van der Waals surface area (Å²) >= 11 is 0. The zero-order chi connectivity index (χ0) is 15.7. The SMILES string of the molecule is CC.CC/C=C(\C)CCC=C(C)C.CCN(C)CC. The molecule has 1 nitrogen and oxygen atoms in total. The van der Waals surface area contributed by atoms with Crippen LogP contribution in [0.3, 0.4) is 0 Å². The van der Waals surface area contributed by atoms with E-state index in [0.29, 0.717) is 0 Å². The summed E-state index contributed by atoms with van der Waals surface area (Å²) in [7, 11) is 2.11.